The first-order valence-corrected chi connectivity index (χ1v) is 10.4. The molecular formula is C23H29BrN2O2. The van der Waals surface area contributed by atoms with Crippen molar-refractivity contribution < 1.29 is 9.59 Å². The van der Waals surface area contributed by atoms with Crippen LogP contribution in [0.1, 0.15) is 43.0 Å². The maximum Gasteiger partial charge on any atom is 0.242 e. The number of hydrogen-bond donors (Lipinski definition) is 1. The Morgan fingerprint density at radius 1 is 0.964 bits per heavy atom. The maximum atomic E-state index is 13.1. The average Bonchev–Trinajstić information content (AvgIpc) is 2.63. The fourth-order valence-corrected chi connectivity index (χ4v) is 3.23. The molecule has 0 aliphatic carbocycles. The fraction of sp³-hybridized carbons (Fsp3) is 0.391. The molecule has 0 aliphatic rings. The van der Waals surface area contributed by atoms with Crippen molar-refractivity contribution in [2.75, 3.05) is 0 Å². The number of halogens is 1. The van der Waals surface area contributed by atoms with Gasteiger partial charge in [-0.2, -0.15) is 0 Å². The highest BCUT2D eigenvalue weighted by Gasteiger charge is 2.26. The van der Waals surface area contributed by atoms with E-state index in [2.05, 4.69) is 28.2 Å². The van der Waals surface area contributed by atoms with E-state index in [1.54, 1.807) is 11.8 Å². The summed E-state index contributed by atoms with van der Waals surface area (Å²) in [5.74, 6) is -0.196. The molecule has 5 heteroatoms. The second-order valence-electron chi connectivity index (χ2n) is 7.58. The van der Waals surface area contributed by atoms with Gasteiger partial charge < -0.3 is 10.2 Å². The van der Waals surface area contributed by atoms with Gasteiger partial charge in [-0.3, -0.25) is 9.59 Å². The van der Waals surface area contributed by atoms with Crippen molar-refractivity contribution in [2.24, 2.45) is 0 Å². The summed E-state index contributed by atoms with van der Waals surface area (Å²) in [6, 6.07) is 13.4. The van der Waals surface area contributed by atoms with Crippen LogP contribution in [0, 0.1) is 13.8 Å². The van der Waals surface area contributed by atoms with Crippen LogP contribution in [0.15, 0.2) is 46.9 Å². The predicted octanol–water partition coefficient (Wildman–Crippen LogP) is 4.55. The zero-order valence-electron chi connectivity index (χ0n) is 17.3. The van der Waals surface area contributed by atoms with Crippen molar-refractivity contribution in [1.82, 2.24) is 10.2 Å². The van der Waals surface area contributed by atoms with Gasteiger partial charge in [-0.15, -0.1) is 0 Å². The summed E-state index contributed by atoms with van der Waals surface area (Å²) in [5.41, 5.74) is 4.31. The van der Waals surface area contributed by atoms with Crippen molar-refractivity contribution >= 4 is 27.7 Å². The van der Waals surface area contributed by atoms with E-state index < -0.39 is 6.04 Å². The van der Waals surface area contributed by atoms with Crippen LogP contribution in [0.25, 0.3) is 0 Å². The number of carbonyl (C=O) groups is 2. The molecule has 1 atom stereocenters. The fourth-order valence-electron chi connectivity index (χ4n) is 2.96. The number of rotatable bonds is 7. The van der Waals surface area contributed by atoms with Crippen molar-refractivity contribution in [3.63, 3.8) is 0 Å². The molecule has 4 nitrogen and oxygen atoms in total. The highest BCUT2D eigenvalue weighted by molar-refractivity contribution is 9.10. The highest BCUT2D eigenvalue weighted by Crippen LogP contribution is 2.17. The number of aryl methyl sites for hydroxylation is 2. The van der Waals surface area contributed by atoms with Gasteiger partial charge in [-0.05, 0) is 69.0 Å². The Hall–Kier alpha value is -2.14. The first-order chi connectivity index (χ1) is 13.2. The standard InChI is InChI=1S/C23H29BrN2O2/c1-15(2)25-23(28)18(5)26(14-19-8-10-21(24)11-9-19)22(27)13-20-7-6-16(3)17(4)12-20/h6-12,15,18H,13-14H2,1-5H3,(H,25,28)/t18-/m0/s1. The van der Waals surface area contributed by atoms with Crippen LogP contribution in [0.5, 0.6) is 0 Å². The Labute approximate surface area is 176 Å². The minimum Gasteiger partial charge on any atom is -0.352 e. The number of hydrogen-bond acceptors (Lipinski definition) is 2. The van der Waals surface area contributed by atoms with Gasteiger partial charge in [0.1, 0.15) is 6.04 Å². The molecule has 2 aromatic rings. The predicted molar refractivity (Wildman–Crippen MR) is 117 cm³/mol. The first-order valence-electron chi connectivity index (χ1n) is 9.57. The summed E-state index contributed by atoms with van der Waals surface area (Å²) < 4.78 is 0.981. The van der Waals surface area contributed by atoms with Crippen LogP contribution >= 0.6 is 15.9 Å². The lowest BCUT2D eigenvalue weighted by Gasteiger charge is -2.29. The number of nitrogens with zero attached hydrogens (tertiary/aromatic N) is 1. The van der Waals surface area contributed by atoms with Crippen LogP contribution in [-0.2, 0) is 22.6 Å². The van der Waals surface area contributed by atoms with E-state index >= 15 is 0 Å². The Morgan fingerprint density at radius 2 is 1.57 bits per heavy atom. The average molecular weight is 445 g/mol. The molecule has 0 saturated heterocycles. The molecule has 0 fully saturated rings. The Morgan fingerprint density at radius 3 is 2.14 bits per heavy atom. The van der Waals surface area contributed by atoms with Gasteiger partial charge in [0.2, 0.25) is 11.8 Å². The van der Waals surface area contributed by atoms with E-state index in [-0.39, 0.29) is 24.3 Å². The number of nitrogens with one attached hydrogen (secondary N) is 1. The first kappa shape index (κ1) is 22.2. The Balaban J connectivity index is 2.24. The minimum atomic E-state index is -0.551. The molecule has 0 heterocycles. The van der Waals surface area contributed by atoms with Crippen molar-refractivity contribution in [2.45, 2.75) is 59.7 Å². The van der Waals surface area contributed by atoms with E-state index in [1.165, 1.54) is 5.56 Å². The normalized spacial score (nSPS) is 12.0. The van der Waals surface area contributed by atoms with E-state index in [0.29, 0.717) is 6.54 Å². The lowest BCUT2D eigenvalue weighted by molar-refractivity contribution is -0.140. The van der Waals surface area contributed by atoms with Gasteiger partial charge in [0.25, 0.3) is 0 Å². The Bertz CT molecular complexity index is 831. The summed E-state index contributed by atoms with van der Waals surface area (Å²) in [5, 5.41) is 2.91. The molecule has 0 aliphatic heterocycles. The molecular weight excluding hydrogens is 416 g/mol. The third kappa shape index (κ3) is 6.20. The van der Waals surface area contributed by atoms with Crippen LogP contribution < -0.4 is 5.32 Å². The van der Waals surface area contributed by atoms with Crippen LogP contribution in [0.2, 0.25) is 0 Å². The Kier molecular flexibility index (Phi) is 7.81. The smallest absolute Gasteiger partial charge is 0.242 e. The molecule has 150 valence electrons. The van der Waals surface area contributed by atoms with Gasteiger partial charge >= 0.3 is 0 Å². The molecule has 2 amide bonds. The second-order valence-corrected chi connectivity index (χ2v) is 8.50. The highest BCUT2D eigenvalue weighted by atomic mass is 79.9. The number of amides is 2. The second kappa shape index (κ2) is 9.87. The maximum absolute atomic E-state index is 13.1. The van der Waals surface area contributed by atoms with Crippen molar-refractivity contribution in [3.8, 4) is 0 Å². The van der Waals surface area contributed by atoms with E-state index in [0.717, 1.165) is 21.2 Å². The van der Waals surface area contributed by atoms with Gasteiger partial charge in [0.05, 0.1) is 6.42 Å². The molecule has 2 aromatic carbocycles. The summed E-state index contributed by atoms with van der Waals surface area (Å²) in [6.45, 7) is 10.1. The van der Waals surface area contributed by atoms with Gasteiger partial charge in [0, 0.05) is 17.1 Å². The third-order valence-corrected chi connectivity index (χ3v) is 5.32. The monoisotopic (exact) mass is 444 g/mol. The zero-order chi connectivity index (χ0) is 20.8. The molecule has 0 aromatic heterocycles. The molecule has 2 rings (SSSR count). The molecule has 1 N–H and O–H groups in total. The van der Waals surface area contributed by atoms with Crippen molar-refractivity contribution in [3.05, 3.63) is 69.2 Å². The SMILES string of the molecule is Cc1ccc(CC(=O)N(Cc2ccc(Br)cc2)[C@@H](C)C(=O)NC(C)C)cc1C. The molecule has 0 saturated carbocycles. The topological polar surface area (TPSA) is 49.4 Å². The summed E-state index contributed by atoms with van der Waals surface area (Å²) in [6.07, 6.45) is 0.275. The van der Waals surface area contributed by atoms with Crippen LogP contribution in [0.4, 0.5) is 0 Å². The molecule has 0 spiro atoms. The number of benzene rings is 2. The van der Waals surface area contributed by atoms with Gasteiger partial charge in [-0.25, -0.2) is 0 Å². The van der Waals surface area contributed by atoms with E-state index in [1.807, 2.05) is 63.2 Å². The molecule has 0 unspecified atom stereocenters. The largest absolute Gasteiger partial charge is 0.352 e. The summed E-state index contributed by atoms with van der Waals surface area (Å²) in [4.78, 5) is 27.4. The quantitative estimate of drug-likeness (QED) is 0.680. The lowest BCUT2D eigenvalue weighted by atomic mass is 10.0. The number of carbonyl (C=O) groups excluding carboxylic acids is 2. The van der Waals surface area contributed by atoms with E-state index in [9.17, 15) is 9.59 Å². The van der Waals surface area contributed by atoms with Crippen LogP contribution in [-0.4, -0.2) is 28.8 Å². The summed E-state index contributed by atoms with van der Waals surface area (Å²) in [7, 11) is 0. The summed E-state index contributed by atoms with van der Waals surface area (Å²) >= 11 is 3.43. The minimum absolute atomic E-state index is 0.0272. The molecule has 28 heavy (non-hydrogen) atoms. The van der Waals surface area contributed by atoms with Crippen LogP contribution in [0.3, 0.4) is 0 Å². The van der Waals surface area contributed by atoms with Crippen molar-refractivity contribution in [1.29, 1.82) is 0 Å². The van der Waals surface area contributed by atoms with Gasteiger partial charge in [-0.1, -0.05) is 46.3 Å². The van der Waals surface area contributed by atoms with E-state index in [4.69, 9.17) is 0 Å². The molecule has 0 radical (unpaired) electrons. The van der Waals surface area contributed by atoms with Gasteiger partial charge in [0.15, 0.2) is 0 Å². The lowest BCUT2D eigenvalue weighted by Crippen LogP contribution is -2.49. The molecule has 0 bridgehead atoms. The third-order valence-electron chi connectivity index (χ3n) is 4.79. The zero-order valence-corrected chi connectivity index (χ0v) is 18.8.